The van der Waals surface area contributed by atoms with E-state index in [2.05, 4.69) is 32.1 Å². The third kappa shape index (κ3) is 5.48. The van der Waals surface area contributed by atoms with Crippen LogP contribution in [0.2, 0.25) is 0 Å². The topological polar surface area (TPSA) is 0 Å². The van der Waals surface area contributed by atoms with Gasteiger partial charge in [-0.3, -0.25) is 0 Å². The number of unbranched alkanes of at least 4 members (excludes halogenated alkanes) is 1. The quantitative estimate of drug-likeness (QED) is 0.487. The molecule has 0 aliphatic carbocycles. The third-order valence-electron chi connectivity index (χ3n) is 0.811. The van der Waals surface area contributed by atoms with Crippen molar-refractivity contribution in [2.75, 3.05) is 0 Å². The van der Waals surface area contributed by atoms with E-state index in [9.17, 15) is 0 Å². The highest BCUT2D eigenvalue weighted by atomic mass is 13.8. The summed E-state index contributed by atoms with van der Waals surface area (Å²) in [7, 11) is 0. The maximum atomic E-state index is 3.59. The Morgan fingerprint density at radius 3 is 2.75 bits per heavy atom. The van der Waals surface area contributed by atoms with Crippen LogP contribution in [0.25, 0.3) is 0 Å². The zero-order chi connectivity index (χ0) is 6.24. The van der Waals surface area contributed by atoms with Crippen LogP contribution in [-0.4, -0.2) is 0 Å². The molecule has 0 heterocycles. The van der Waals surface area contributed by atoms with Gasteiger partial charge in [0.05, 0.1) is 0 Å². The summed E-state index contributed by atoms with van der Waals surface area (Å²) in [4.78, 5) is 0. The highest BCUT2D eigenvalue weighted by Crippen LogP contribution is 1.88. The first-order valence-electron chi connectivity index (χ1n) is 3.01. The second-order valence-corrected chi connectivity index (χ2v) is 1.60. The first kappa shape index (κ1) is 7.48. The van der Waals surface area contributed by atoms with E-state index in [1.54, 1.807) is 0 Å². The summed E-state index contributed by atoms with van der Waals surface area (Å²) in [6.45, 7) is 5.72. The Bertz CT molecular complexity index is 70.1. The highest BCUT2D eigenvalue weighted by Gasteiger charge is 1.70. The van der Waals surface area contributed by atoms with Crippen molar-refractivity contribution < 1.29 is 0 Å². The molecule has 0 unspecified atom stereocenters. The van der Waals surface area contributed by atoms with E-state index in [-0.39, 0.29) is 0 Å². The lowest BCUT2D eigenvalue weighted by Gasteiger charge is -1.80. The van der Waals surface area contributed by atoms with E-state index < -0.39 is 0 Å². The van der Waals surface area contributed by atoms with Crippen molar-refractivity contribution in [2.45, 2.75) is 19.8 Å². The van der Waals surface area contributed by atoms with Gasteiger partial charge in [0.15, 0.2) is 0 Å². The van der Waals surface area contributed by atoms with Crippen LogP contribution in [0, 0.1) is 6.42 Å². The third-order valence-corrected chi connectivity index (χ3v) is 0.811. The van der Waals surface area contributed by atoms with Crippen molar-refractivity contribution in [3.63, 3.8) is 0 Å². The van der Waals surface area contributed by atoms with Gasteiger partial charge in [-0.05, 0) is 19.3 Å². The zero-order valence-corrected chi connectivity index (χ0v) is 5.43. The molecular formula is C8H13. The van der Waals surface area contributed by atoms with Crippen LogP contribution < -0.4 is 0 Å². The Hall–Kier alpha value is -0.520. The molecule has 8 heavy (non-hydrogen) atoms. The van der Waals surface area contributed by atoms with Gasteiger partial charge in [0.2, 0.25) is 0 Å². The molecule has 0 spiro atoms. The molecule has 0 aromatic carbocycles. The van der Waals surface area contributed by atoms with Crippen LogP contribution in [0.15, 0.2) is 24.8 Å². The minimum absolute atomic E-state index is 0.983. The van der Waals surface area contributed by atoms with Crippen molar-refractivity contribution in [3.8, 4) is 0 Å². The van der Waals surface area contributed by atoms with Crippen LogP contribution in [-0.2, 0) is 0 Å². The van der Waals surface area contributed by atoms with Crippen LogP contribution >= 0.6 is 0 Å². The summed E-state index contributed by atoms with van der Waals surface area (Å²) >= 11 is 0. The fourth-order valence-electron chi connectivity index (χ4n) is 0.407. The molecule has 0 aromatic rings. The second-order valence-electron chi connectivity index (χ2n) is 1.60. The molecule has 0 atom stereocenters. The van der Waals surface area contributed by atoms with Crippen LogP contribution in [0.1, 0.15) is 19.8 Å². The standard InChI is InChI=1S/C8H13/c1-3-5-7-8-6-4-2/h3,6-8H,1,4-5H2,2H3/b8-7+. The fraction of sp³-hybridized carbons (Fsp3) is 0.375. The lowest BCUT2D eigenvalue weighted by atomic mass is 10.3. The highest BCUT2D eigenvalue weighted by molar-refractivity contribution is 4.96. The summed E-state index contributed by atoms with van der Waals surface area (Å²) in [6.07, 6.45) is 10.3. The van der Waals surface area contributed by atoms with Crippen LogP contribution in [0.3, 0.4) is 0 Å². The van der Waals surface area contributed by atoms with E-state index >= 15 is 0 Å². The summed E-state index contributed by atoms with van der Waals surface area (Å²) in [6, 6.07) is 0. The molecule has 0 bridgehead atoms. The lowest BCUT2D eigenvalue weighted by molar-refractivity contribution is 1.14. The molecule has 0 saturated heterocycles. The molecule has 0 fully saturated rings. The zero-order valence-electron chi connectivity index (χ0n) is 5.43. The predicted octanol–water partition coefficient (Wildman–Crippen LogP) is 2.73. The monoisotopic (exact) mass is 109 g/mol. The van der Waals surface area contributed by atoms with Crippen molar-refractivity contribution in [3.05, 3.63) is 31.2 Å². The first-order valence-corrected chi connectivity index (χ1v) is 3.01. The van der Waals surface area contributed by atoms with Crippen molar-refractivity contribution in [2.24, 2.45) is 0 Å². The summed E-state index contributed by atoms with van der Waals surface area (Å²) in [5.41, 5.74) is 0. The van der Waals surface area contributed by atoms with E-state index in [1.165, 1.54) is 0 Å². The molecule has 0 aliphatic heterocycles. The van der Waals surface area contributed by atoms with Gasteiger partial charge in [-0.2, -0.15) is 0 Å². The van der Waals surface area contributed by atoms with Gasteiger partial charge in [-0.25, -0.2) is 0 Å². The SMILES string of the molecule is C=CC/C=C/[CH]CC. The first-order chi connectivity index (χ1) is 3.91. The number of rotatable bonds is 4. The van der Waals surface area contributed by atoms with Gasteiger partial charge in [-0.1, -0.05) is 25.2 Å². The van der Waals surface area contributed by atoms with Crippen molar-refractivity contribution in [1.82, 2.24) is 0 Å². The summed E-state index contributed by atoms with van der Waals surface area (Å²) in [5.74, 6) is 0. The van der Waals surface area contributed by atoms with E-state index in [4.69, 9.17) is 0 Å². The minimum atomic E-state index is 0.983. The molecule has 0 nitrogen and oxygen atoms in total. The van der Waals surface area contributed by atoms with E-state index in [0.717, 1.165) is 12.8 Å². The van der Waals surface area contributed by atoms with E-state index in [0.29, 0.717) is 0 Å². The van der Waals surface area contributed by atoms with Crippen molar-refractivity contribution in [1.29, 1.82) is 0 Å². The lowest BCUT2D eigenvalue weighted by Crippen LogP contribution is -1.61. The maximum Gasteiger partial charge on any atom is -0.0172 e. The fourth-order valence-corrected chi connectivity index (χ4v) is 0.407. The molecule has 0 aromatic heterocycles. The molecule has 0 aliphatic rings. The number of allylic oxidation sites excluding steroid dienone is 3. The van der Waals surface area contributed by atoms with Gasteiger partial charge in [0, 0.05) is 0 Å². The summed E-state index contributed by atoms with van der Waals surface area (Å²) in [5, 5.41) is 0. The molecule has 1 radical (unpaired) electrons. The summed E-state index contributed by atoms with van der Waals surface area (Å²) < 4.78 is 0. The molecule has 0 rings (SSSR count). The van der Waals surface area contributed by atoms with Gasteiger partial charge in [-0.15, -0.1) is 6.58 Å². The Morgan fingerprint density at radius 1 is 1.50 bits per heavy atom. The average Bonchev–Trinajstić information content (AvgIpc) is 1.81. The van der Waals surface area contributed by atoms with Gasteiger partial charge < -0.3 is 0 Å². The molecule has 0 N–H and O–H groups in total. The normalized spacial score (nSPS) is 10.1. The van der Waals surface area contributed by atoms with Gasteiger partial charge in [0.25, 0.3) is 0 Å². The molecule has 45 valence electrons. The minimum Gasteiger partial charge on any atom is -0.103 e. The number of hydrogen-bond acceptors (Lipinski definition) is 0. The smallest absolute Gasteiger partial charge is 0.0172 e. The maximum absolute atomic E-state index is 3.59. The Morgan fingerprint density at radius 2 is 2.25 bits per heavy atom. The van der Waals surface area contributed by atoms with E-state index in [1.807, 2.05) is 6.08 Å². The van der Waals surface area contributed by atoms with Gasteiger partial charge in [0.1, 0.15) is 0 Å². The second kappa shape index (κ2) is 6.48. The Balaban J connectivity index is 2.94. The largest absolute Gasteiger partial charge is 0.103 e. The average molecular weight is 109 g/mol. The molecule has 0 saturated carbocycles. The van der Waals surface area contributed by atoms with Gasteiger partial charge >= 0.3 is 0 Å². The van der Waals surface area contributed by atoms with Crippen LogP contribution in [0.4, 0.5) is 0 Å². The molecular weight excluding hydrogens is 96.1 g/mol. The van der Waals surface area contributed by atoms with Crippen LogP contribution in [0.5, 0.6) is 0 Å². The van der Waals surface area contributed by atoms with Crippen molar-refractivity contribution >= 4 is 0 Å². The Labute approximate surface area is 51.9 Å². The number of hydrogen-bond donors (Lipinski definition) is 0. The Kier molecular flexibility index (Phi) is 6.06. The predicted molar refractivity (Wildman–Crippen MR) is 38.5 cm³/mol. The molecule has 0 heteroatoms. The molecule has 0 amide bonds.